The van der Waals surface area contributed by atoms with E-state index in [-0.39, 0.29) is 0 Å². The van der Waals surface area contributed by atoms with Gasteiger partial charge in [-0.3, -0.25) is 0 Å². The number of nitrogens with one attached hydrogen (secondary N) is 1. The zero-order chi connectivity index (χ0) is 12.1. The van der Waals surface area contributed by atoms with E-state index in [4.69, 9.17) is 9.15 Å². The molecule has 0 bridgehead atoms. The number of ether oxygens (including phenoxy) is 1. The summed E-state index contributed by atoms with van der Waals surface area (Å²) in [6, 6.07) is 2.58. The van der Waals surface area contributed by atoms with Gasteiger partial charge in [-0.2, -0.15) is 0 Å². The van der Waals surface area contributed by atoms with Gasteiger partial charge >= 0.3 is 6.01 Å². The molecule has 0 saturated carbocycles. The minimum absolute atomic E-state index is 0.476. The highest BCUT2D eigenvalue weighted by Crippen LogP contribution is 2.17. The van der Waals surface area contributed by atoms with Crippen LogP contribution < -0.4 is 5.32 Å². The Morgan fingerprint density at radius 2 is 2.35 bits per heavy atom. The number of methoxy groups -OCH3 is 1. The van der Waals surface area contributed by atoms with E-state index in [9.17, 15) is 0 Å². The van der Waals surface area contributed by atoms with Gasteiger partial charge < -0.3 is 14.5 Å². The van der Waals surface area contributed by atoms with Gasteiger partial charge in [-0.15, -0.1) is 16.4 Å². The highest BCUT2D eigenvalue weighted by atomic mass is 32.1. The monoisotopic (exact) mass is 253 g/mol. The zero-order valence-corrected chi connectivity index (χ0v) is 10.7. The fraction of sp³-hybridized carbons (Fsp3) is 0.455. The molecule has 0 fully saturated rings. The lowest BCUT2D eigenvalue weighted by Crippen LogP contribution is -1.97. The maximum atomic E-state index is 5.36. The highest BCUT2D eigenvalue weighted by molar-refractivity contribution is 7.10. The second-order valence-electron chi connectivity index (χ2n) is 3.56. The summed E-state index contributed by atoms with van der Waals surface area (Å²) >= 11 is 1.69. The molecular weight excluding hydrogens is 238 g/mol. The Kier molecular flexibility index (Phi) is 4.11. The molecule has 0 radical (unpaired) electrons. The maximum absolute atomic E-state index is 5.36. The maximum Gasteiger partial charge on any atom is 0.315 e. The molecule has 0 aliphatic carbocycles. The first-order valence-corrected chi connectivity index (χ1v) is 6.31. The van der Waals surface area contributed by atoms with Gasteiger partial charge in [0, 0.05) is 18.4 Å². The van der Waals surface area contributed by atoms with Crippen LogP contribution in [0.1, 0.15) is 23.3 Å². The third kappa shape index (κ3) is 3.28. The predicted octanol–water partition coefficient (Wildman–Crippen LogP) is 2.45. The topological polar surface area (TPSA) is 60.2 Å². The van der Waals surface area contributed by atoms with Gasteiger partial charge in [-0.05, 0) is 17.0 Å². The molecule has 0 unspecified atom stereocenters. The van der Waals surface area contributed by atoms with Crippen LogP contribution in [0.3, 0.4) is 0 Å². The first-order chi connectivity index (χ1) is 8.31. The van der Waals surface area contributed by atoms with E-state index >= 15 is 0 Å². The van der Waals surface area contributed by atoms with Gasteiger partial charge in [0.05, 0.1) is 13.2 Å². The van der Waals surface area contributed by atoms with Crippen LogP contribution in [-0.2, 0) is 24.3 Å². The van der Waals surface area contributed by atoms with Crippen molar-refractivity contribution in [3.05, 3.63) is 27.8 Å². The van der Waals surface area contributed by atoms with Crippen molar-refractivity contribution < 1.29 is 9.15 Å². The number of anilines is 1. The average molecular weight is 253 g/mol. The van der Waals surface area contributed by atoms with E-state index in [1.54, 1.807) is 18.4 Å². The summed E-state index contributed by atoms with van der Waals surface area (Å²) in [5.41, 5.74) is 1.19. The van der Waals surface area contributed by atoms with Gasteiger partial charge in [0.25, 0.3) is 0 Å². The highest BCUT2D eigenvalue weighted by Gasteiger charge is 2.04. The normalized spacial score (nSPS) is 10.7. The lowest BCUT2D eigenvalue weighted by molar-refractivity contribution is 0.185. The molecule has 17 heavy (non-hydrogen) atoms. The van der Waals surface area contributed by atoms with Crippen molar-refractivity contribution in [2.24, 2.45) is 0 Å². The number of hydrogen-bond acceptors (Lipinski definition) is 6. The van der Waals surface area contributed by atoms with Crippen molar-refractivity contribution in [1.82, 2.24) is 10.2 Å². The van der Waals surface area contributed by atoms with Crippen LogP contribution in [0.2, 0.25) is 0 Å². The number of aryl methyl sites for hydroxylation is 1. The summed E-state index contributed by atoms with van der Waals surface area (Å²) < 4.78 is 10.4. The largest absolute Gasteiger partial charge is 0.408 e. The standard InChI is InChI=1S/C11H15N3O2S/c1-3-10-13-14-11(16-10)12-5-9-4-8(6-15-2)7-17-9/h4,7H,3,5-6H2,1-2H3,(H,12,14). The Hall–Kier alpha value is -1.40. The first kappa shape index (κ1) is 12.1. The Balaban J connectivity index is 1.88. The number of aromatic nitrogens is 2. The van der Waals surface area contributed by atoms with Gasteiger partial charge in [0.15, 0.2) is 0 Å². The lowest BCUT2D eigenvalue weighted by atomic mass is 10.3. The molecule has 2 rings (SSSR count). The van der Waals surface area contributed by atoms with Crippen LogP contribution >= 0.6 is 11.3 Å². The average Bonchev–Trinajstić information content (AvgIpc) is 2.95. The Morgan fingerprint density at radius 1 is 1.47 bits per heavy atom. The molecule has 0 aliphatic heterocycles. The van der Waals surface area contributed by atoms with E-state index in [1.807, 2.05) is 6.92 Å². The number of thiophene rings is 1. The van der Waals surface area contributed by atoms with Gasteiger partial charge in [0.1, 0.15) is 0 Å². The fourth-order valence-electron chi connectivity index (χ4n) is 1.39. The Bertz CT molecular complexity index is 467. The lowest BCUT2D eigenvalue weighted by Gasteiger charge is -1.97. The summed E-state index contributed by atoms with van der Waals surface area (Å²) in [6.45, 7) is 3.32. The molecule has 0 aliphatic rings. The predicted molar refractivity (Wildman–Crippen MR) is 66.0 cm³/mol. The van der Waals surface area contributed by atoms with Crippen LogP contribution in [0.15, 0.2) is 15.9 Å². The molecule has 2 aromatic rings. The van der Waals surface area contributed by atoms with Crippen LogP contribution in [0.4, 0.5) is 6.01 Å². The third-order valence-corrected chi connectivity index (χ3v) is 3.19. The minimum Gasteiger partial charge on any atom is -0.408 e. The molecule has 0 atom stereocenters. The van der Waals surface area contributed by atoms with Gasteiger partial charge in [0.2, 0.25) is 5.89 Å². The van der Waals surface area contributed by atoms with Crippen LogP contribution in [-0.4, -0.2) is 17.3 Å². The SMILES string of the molecule is CCc1nnc(NCc2cc(COC)cs2)o1. The van der Waals surface area contributed by atoms with Crippen molar-refractivity contribution in [2.45, 2.75) is 26.5 Å². The molecule has 0 amide bonds. The van der Waals surface area contributed by atoms with Crippen LogP contribution in [0.5, 0.6) is 0 Å². The van der Waals surface area contributed by atoms with Crippen molar-refractivity contribution in [3.8, 4) is 0 Å². The van der Waals surface area contributed by atoms with Crippen molar-refractivity contribution >= 4 is 17.4 Å². The molecule has 5 nitrogen and oxygen atoms in total. The molecule has 1 N–H and O–H groups in total. The minimum atomic E-state index is 0.476. The first-order valence-electron chi connectivity index (χ1n) is 5.43. The van der Waals surface area contributed by atoms with Crippen molar-refractivity contribution in [3.63, 3.8) is 0 Å². The summed E-state index contributed by atoms with van der Waals surface area (Å²) in [4.78, 5) is 1.22. The van der Waals surface area contributed by atoms with Crippen LogP contribution in [0.25, 0.3) is 0 Å². The summed E-state index contributed by atoms with van der Waals surface area (Å²) in [6.07, 6.45) is 0.756. The molecular formula is C11H15N3O2S. The fourth-order valence-corrected chi connectivity index (χ4v) is 2.21. The zero-order valence-electron chi connectivity index (χ0n) is 9.90. The van der Waals surface area contributed by atoms with E-state index in [0.29, 0.717) is 25.1 Å². The molecule has 0 spiro atoms. The summed E-state index contributed by atoms with van der Waals surface area (Å²) in [5.74, 6) is 0.652. The van der Waals surface area contributed by atoms with Crippen LogP contribution in [0, 0.1) is 0 Å². The molecule has 0 aromatic carbocycles. The van der Waals surface area contributed by atoms with E-state index in [1.165, 1.54) is 10.4 Å². The van der Waals surface area contributed by atoms with E-state index < -0.39 is 0 Å². The van der Waals surface area contributed by atoms with Gasteiger partial charge in [-0.1, -0.05) is 12.0 Å². The Labute approximate surface area is 104 Å². The van der Waals surface area contributed by atoms with Crippen molar-refractivity contribution in [1.29, 1.82) is 0 Å². The number of nitrogens with zero attached hydrogens (tertiary/aromatic N) is 2. The second kappa shape index (κ2) is 5.79. The third-order valence-electron chi connectivity index (χ3n) is 2.20. The van der Waals surface area contributed by atoms with E-state index in [0.717, 1.165) is 6.42 Å². The molecule has 2 heterocycles. The molecule has 0 saturated heterocycles. The molecule has 6 heteroatoms. The van der Waals surface area contributed by atoms with Crippen molar-refractivity contribution in [2.75, 3.05) is 12.4 Å². The Morgan fingerprint density at radius 3 is 3.06 bits per heavy atom. The smallest absolute Gasteiger partial charge is 0.315 e. The number of rotatable bonds is 6. The molecule has 92 valence electrons. The summed E-state index contributed by atoms with van der Waals surface area (Å²) in [5, 5.41) is 13.0. The van der Waals surface area contributed by atoms with Gasteiger partial charge in [-0.25, -0.2) is 0 Å². The van der Waals surface area contributed by atoms with E-state index in [2.05, 4.69) is 27.0 Å². The summed E-state index contributed by atoms with van der Waals surface area (Å²) in [7, 11) is 1.69. The quantitative estimate of drug-likeness (QED) is 0.856. The second-order valence-corrected chi connectivity index (χ2v) is 4.56. The number of hydrogen-bond donors (Lipinski definition) is 1. The molecule has 2 aromatic heterocycles.